The molecule has 1 aromatic heterocycles. The number of rotatable bonds is 5. The highest BCUT2D eigenvalue weighted by molar-refractivity contribution is 7.98. The molecule has 1 N–H and O–H groups in total. The molecular formula is C11H16N2OS. The lowest BCUT2D eigenvalue weighted by Gasteiger charge is -2.06. The Kier molecular flexibility index (Phi) is 5.18. The summed E-state index contributed by atoms with van der Waals surface area (Å²) in [6, 6.07) is 3.79. The van der Waals surface area contributed by atoms with Crippen LogP contribution in [0.25, 0.3) is 0 Å². The molecule has 0 aliphatic rings. The van der Waals surface area contributed by atoms with E-state index in [0.717, 1.165) is 17.7 Å². The Hall–Kier alpha value is -1.03. The molecule has 0 radical (unpaired) electrons. The molecule has 0 aromatic carbocycles. The van der Waals surface area contributed by atoms with E-state index in [4.69, 9.17) is 0 Å². The number of anilines is 1. The third kappa shape index (κ3) is 4.34. The van der Waals surface area contributed by atoms with E-state index in [9.17, 15) is 4.79 Å². The Morgan fingerprint density at radius 3 is 3.07 bits per heavy atom. The largest absolute Gasteiger partial charge is 0.310 e. The van der Waals surface area contributed by atoms with Gasteiger partial charge in [-0.25, -0.2) is 4.98 Å². The lowest BCUT2D eigenvalue weighted by atomic mass is 10.2. The maximum absolute atomic E-state index is 11.5. The minimum Gasteiger partial charge on any atom is -0.310 e. The van der Waals surface area contributed by atoms with Crippen LogP contribution >= 0.6 is 11.8 Å². The van der Waals surface area contributed by atoms with Crippen molar-refractivity contribution < 1.29 is 4.79 Å². The Bertz CT molecular complexity index is 328. The molecule has 82 valence electrons. The zero-order chi connectivity index (χ0) is 11.1. The molecule has 4 heteroatoms. The van der Waals surface area contributed by atoms with E-state index in [1.807, 2.05) is 25.3 Å². The lowest BCUT2D eigenvalue weighted by Crippen LogP contribution is -2.13. The molecule has 0 spiro atoms. The molecule has 0 fully saturated rings. The van der Waals surface area contributed by atoms with Gasteiger partial charge in [0.25, 0.3) is 0 Å². The molecule has 15 heavy (non-hydrogen) atoms. The summed E-state index contributed by atoms with van der Waals surface area (Å²) in [6.45, 7) is 1.94. The number of hydrogen-bond donors (Lipinski definition) is 1. The first-order chi connectivity index (χ1) is 7.24. The lowest BCUT2D eigenvalue weighted by molar-refractivity contribution is -0.116. The first kappa shape index (κ1) is 12.0. The van der Waals surface area contributed by atoms with E-state index in [1.54, 1.807) is 18.0 Å². The average molecular weight is 224 g/mol. The molecule has 0 saturated carbocycles. The standard InChI is InChI=1S/C11H16N2OS/c1-9-5-3-7-12-11(9)13-10(14)6-4-8-15-2/h3,5,7H,4,6,8H2,1-2H3,(H,12,13,14). The van der Waals surface area contributed by atoms with Gasteiger partial charge in [0.2, 0.25) is 5.91 Å². The van der Waals surface area contributed by atoms with Crippen molar-refractivity contribution in [2.24, 2.45) is 0 Å². The number of hydrogen-bond acceptors (Lipinski definition) is 3. The predicted octanol–water partition coefficient (Wildman–Crippen LogP) is 2.47. The second-order valence-corrected chi connectivity index (χ2v) is 4.30. The Morgan fingerprint density at radius 1 is 1.60 bits per heavy atom. The zero-order valence-corrected chi connectivity index (χ0v) is 9.93. The van der Waals surface area contributed by atoms with Crippen LogP contribution in [-0.2, 0) is 4.79 Å². The van der Waals surface area contributed by atoms with Crippen LogP contribution in [-0.4, -0.2) is 22.9 Å². The van der Waals surface area contributed by atoms with Crippen LogP contribution in [0.2, 0.25) is 0 Å². The molecule has 1 amide bonds. The van der Waals surface area contributed by atoms with Gasteiger partial charge < -0.3 is 5.32 Å². The average Bonchev–Trinajstić information content (AvgIpc) is 2.22. The van der Waals surface area contributed by atoms with E-state index in [0.29, 0.717) is 12.2 Å². The number of aromatic nitrogens is 1. The van der Waals surface area contributed by atoms with E-state index in [-0.39, 0.29) is 5.91 Å². The van der Waals surface area contributed by atoms with Gasteiger partial charge in [-0.15, -0.1) is 0 Å². The van der Waals surface area contributed by atoms with Gasteiger partial charge >= 0.3 is 0 Å². The van der Waals surface area contributed by atoms with Gasteiger partial charge in [-0.05, 0) is 37.0 Å². The highest BCUT2D eigenvalue weighted by Crippen LogP contribution is 2.10. The Morgan fingerprint density at radius 2 is 2.40 bits per heavy atom. The quantitative estimate of drug-likeness (QED) is 0.781. The maximum Gasteiger partial charge on any atom is 0.225 e. The first-order valence-electron chi connectivity index (χ1n) is 4.94. The summed E-state index contributed by atoms with van der Waals surface area (Å²) in [5.41, 5.74) is 0.996. The molecule has 0 bridgehead atoms. The van der Waals surface area contributed by atoms with Crippen molar-refractivity contribution in [3.05, 3.63) is 23.9 Å². The maximum atomic E-state index is 11.5. The summed E-state index contributed by atoms with van der Waals surface area (Å²) in [5, 5.41) is 2.81. The summed E-state index contributed by atoms with van der Waals surface area (Å²) in [4.78, 5) is 15.6. The van der Waals surface area contributed by atoms with Gasteiger partial charge in [0.15, 0.2) is 0 Å². The summed E-state index contributed by atoms with van der Waals surface area (Å²) >= 11 is 1.76. The normalized spacial score (nSPS) is 10.0. The van der Waals surface area contributed by atoms with Gasteiger partial charge in [-0.3, -0.25) is 4.79 Å². The molecule has 0 aliphatic heterocycles. The van der Waals surface area contributed by atoms with Gasteiger partial charge in [0, 0.05) is 12.6 Å². The summed E-state index contributed by atoms with van der Waals surface area (Å²) in [7, 11) is 0. The molecule has 0 atom stereocenters. The SMILES string of the molecule is CSCCCC(=O)Nc1ncccc1C. The molecule has 0 aliphatic carbocycles. The number of carbonyl (C=O) groups is 1. The predicted molar refractivity (Wildman–Crippen MR) is 65.2 cm³/mol. The van der Waals surface area contributed by atoms with Crippen molar-refractivity contribution in [3.8, 4) is 0 Å². The molecule has 3 nitrogen and oxygen atoms in total. The second-order valence-electron chi connectivity index (χ2n) is 3.31. The van der Waals surface area contributed by atoms with Gasteiger partial charge in [0.1, 0.15) is 5.82 Å². The van der Waals surface area contributed by atoms with Crippen LogP contribution in [0.1, 0.15) is 18.4 Å². The van der Waals surface area contributed by atoms with Crippen molar-refractivity contribution in [3.63, 3.8) is 0 Å². The molecule has 0 saturated heterocycles. The summed E-state index contributed by atoms with van der Waals surface area (Å²) in [6.07, 6.45) is 5.21. The number of nitrogens with zero attached hydrogens (tertiary/aromatic N) is 1. The fourth-order valence-corrected chi connectivity index (χ4v) is 1.62. The topological polar surface area (TPSA) is 42.0 Å². The van der Waals surface area contributed by atoms with Crippen LogP contribution in [0, 0.1) is 6.92 Å². The molecule has 1 rings (SSSR count). The van der Waals surface area contributed by atoms with Crippen molar-refractivity contribution in [1.82, 2.24) is 4.98 Å². The number of thioether (sulfide) groups is 1. The van der Waals surface area contributed by atoms with Gasteiger partial charge in [0.05, 0.1) is 0 Å². The minimum atomic E-state index is 0.0471. The van der Waals surface area contributed by atoms with E-state index in [1.165, 1.54) is 0 Å². The molecule has 0 unspecified atom stereocenters. The molecule has 1 heterocycles. The van der Waals surface area contributed by atoms with Crippen LogP contribution in [0.15, 0.2) is 18.3 Å². The third-order valence-electron chi connectivity index (χ3n) is 2.02. The van der Waals surface area contributed by atoms with Crippen molar-refractivity contribution in [2.75, 3.05) is 17.3 Å². The number of carbonyl (C=O) groups excluding carboxylic acids is 1. The van der Waals surface area contributed by atoms with E-state index < -0.39 is 0 Å². The first-order valence-corrected chi connectivity index (χ1v) is 6.34. The van der Waals surface area contributed by atoms with Crippen LogP contribution < -0.4 is 5.32 Å². The van der Waals surface area contributed by atoms with E-state index >= 15 is 0 Å². The van der Waals surface area contributed by atoms with Crippen LogP contribution in [0.4, 0.5) is 5.82 Å². The summed E-state index contributed by atoms with van der Waals surface area (Å²) in [5.74, 6) is 1.74. The number of pyridine rings is 1. The highest BCUT2D eigenvalue weighted by Gasteiger charge is 2.04. The van der Waals surface area contributed by atoms with Gasteiger partial charge in [-0.1, -0.05) is 6.07 Å². The van der Waals surface area contributed by atoms with Crippen molar-refractivity contribution in [2.45, 2.75) is 19.8 Å². The third-order valence-corrected chi connectivity index (χ3v) is 2.72. The Labute approximate surface area is 94.7 Å². The fraction of sp³-hybridized carbons (Fsp3) is 0.455. The highest BCUT2D eigenvalue weighted by atomic mass is 32.2. The van der Waals surface area contributed by atoms with Gasteiger partial charge in [-0.2, -0.15) is 11.8 Å². The van der Waals surface area contributed by atoms with E-state index in [2.05, 4.69) is 10.3 Å². The second kappa shape index (κ2) is 6.45. The smallest absolute Gasteiger partial charge is 0.225 e. The van der Waals surface area contributed by atoms with Crippen molar-refractivity contribution >= 4 is 23.5 Å². The number of aryl methyl sites for hydroxylation is 1. The monoisotopic (exact) mass is 224 g/mol. The fourth-order valence-electron chi connectivity index (χ4n) is 1.19. The Balaban J connectivity index is 2.41. The van der Waals surface area contributed by atoms with Crippen LogP contribution in [0.5, 0.6) is 0 Å². The minimum absolute atomic E-state index is 0.0471. The zero-order valence-electron chi connectivity index (χ0n) is 9.12. The molecular weight excluding hydrogens is 208 g/mol. The summed E-state index contributed by atoms with van der Waals surface area (Å²) < 4.78 is 0. The molecule has 1 aromatic rings. The van der Waals surface area contributed by atoms with Crippen LogP contribution in [0.3, 0.4) is 0 Å². The number of amides is 1. The van der Waals surface area contributed by atoms with Crippen molar-refractivity contribution in [1.29, 1.82) is 0 Å². The number of nitrogens with one attached hydrogen (secondary N) is 1.